The van der Waals surface area contributed by atoms with Crippen LogP contribution in [0, 0.1) is 21.4 Å². The molecule has 0 atom stereocenters. The van der Waals surface area contributed by atoms with Gasteiger partial charge >= 0.3 is 0 Å². The first-order valence-corrected chi connectivity index (χ1v) is 10.8. The van der Waals surface area contributed by atoms with Crippen molar-refractivity contribution >= 4 is 39.3 Å². The van der Waals surface area contributed by atoms with Gasteiger partial charge in [0, 0.05) is 19.2 Å². The number of hydrogen-bond acceptors (Lipinski definition) is 11. The molecule has 3 heterocycles. The second-order valence-corrected chi connectivity index (χ2v) is 7.91. The van der Waals surface area contributed by atoms with Crippen LogP contribution < -0.4 is 15.0 Å². The van der Waals surface area contributed by atoms with Crippen LogP contribution in [-0.2, 0) is 9.53 Å². The van der Waals surface area contributed by atoms with Crippen molar-refractivity contribution in [2.24, 2.45) is 0 Å². The van der Waals surface area contributed by atoms with E-state index in [0.717, 1.165) is 0 Å². The quantitative estimate of drug-likeness (QED) is 0.230. The summed E-state index contributed by atoms with van der Waals surface area (Å²) in [6, 6.07) is 9.22. The van der Waals surface area contributed by atoms with E-state index in [1.807, 2.05) is 11.0 Å². The van der Waals surface area contributed by atoms with Crippen LogP contribution in [0.15, 0.2) is 40.3 Å². The zero-order valence-corrected chi connectivity index (χ0v) is 18.7. The fourth-order valence-corrected chi connectivity index (χ4v) is 3.97. The summed E-state index contributed by atoms with van der Waals surface area (Å²) >= 11 is 1.19. The number of aromatic nitrogens is 2. The van der Waals surface area contributed by atoms with E-state index in [9.17, 15) is 20.2 Å². The molecule has 1 aliphatic rings. The molecule has 12 nitrogen and oxygen atoms in total. The minimum Gasteiger partial charge on any atom is -0.497 e. The smallest absolute Gasteiger partial charge is 0.284 e. The van der Waals surface area contributed by atoms with Crippen LogP contribution >= 0.6 is 11.3 Å². The topological polar surface area (TPSA) is 157 Å². The Labute approximate surface area is 197 Å². The Morgan fingerprint density at radius 3 is 2.82 bits per heavy atom. The van der Waals surface area contributed by atoms with E-state index >= 15 is 0 Å². The summed E-state index contributed by atoms with van der Waals surface area (Å²) in [6.45, 7) is 2.54. The maximum absolute atomic E-state index is 12.6. The van der Waals surface area contributed by atoms with Crippen molar-refractivity contribution in [3.8, 4) is 23.1 Å². The lowest BCUT2D eigenvalue weighted by atomic mass is 10.1. The third-order valence-corrected chi connectivity index (χ3v) is 5.76. The van der Waals surface area contributed by atoms with Crippen molar-refractivity contribution in [2.75, 3.05) is 43.6 Å². The zero-order valence-electron chi connectivity index (χ0n) is 17.9. The number of ether oxygens (including phenoxy) is 2. The number of nitro benzene ring substituents is 1. The maximum Gasteiger partial charge on any atom is 0.284 e. The third-order valence-electron chi connectivity index (χ3n) is 4.86. The van der Waals surface area contributed by atoms with Crippen molar-refractivity contribution in [3.05, 3.63) is 51.8 Å². The molecule has 4 rings (SSSR count). The minimum absolute atomic E-state index is 0.179. The van der Waals surface area contributed by atoms with Crippen LogP contribution in [0.25, 0.3) is 17.4 Å². The standard InChI is InChI=1S/C21H18N6O6S/c1-31-14-2-4-16(17(11-14)27(29)30)18-5-3-15(33-18)10-13(12-22)19(28)23-20-24-25-21(34-20)26-6-8-32-9-7-26/h2-5,10-11H,6-9H2,1H3,(H,23,24,28). The van der Waals surface area contributed by atoms with Gasteiger partial charge in [-0.3, -0.25) is 20.2 Å². The van der Waals surface area contributed by atoms with Crippen molar-refractivity contribution in [3.63, 3.8) is 0 Å². The molecular weight excluding hydrogens is 464 g/mol. The summed E-state index contributed by atoms with van der Waals surface area (Å²) in [7, 11) is 1.41. The minimum atomic E-state index is -0.680. The van der Waals surface area contributed by atoms with Crippen molar-refractivity contribution in [1.29, 1.82) is 5.26 Å². The summed E-state index contributed by atoms with van der Waals surface area (Å²) in [6.07, 6.45) is 1.25. The number of nitrogens with zero attached hydrogens (tertiary/aromatic N) is 5. The van der Waals surface area contributed by atoms with Crippen LogP contribution in [0.4, 0.5) is 16.0 Å². The fraction of sp³-hybridized carbons (Fsp3) is 0.238. The average molecular weight is 482 g/mol. The normalized spacial score (nSPS) is 13.9. The van der Waals surface area contributed by atoms with Crippen LogP contribution in [-0.4, -0.2) is 54.4 Å². The number of morpholine rings is 1. The van der Waals surface area contributed by atoms with Gasteiger partial charge in [0.05, 0.1) is 36.9 Å². The highest BCUT2D eigenvalue weighted by Gasteiger charge is 2.21. The summed E-state index contributed by atoms with van der Waals surface area (Å²) in [5, 5.41) is 32.4. The summed E-state index contributed by atoms with van der Waals surface area (Å²) < 4.78 is 16.0. The van der Waals surface area contributed by atoms with Gasteiger partial charge in [0.1, 0.15) is 28.9 Å². The lowest BCUT2D eigenvalue weighted by molar-refractivity contribution is -0.384. The molecular formula is C21H18N6O6S. The van der Waals surface area contributed by atoms with E-state index in [4.69, 9.17) is 13.9 Å². The van der Waals surface area contributed by atoms with Crippen LogP contribution in [0.2, 0.25) is 0 Å². The molecule has 174 valence electrons. The number of benzene rings is 1. The van der Waals surface area contributed by atoms with Gasteiger partial charge in [-0.15, -0.1) is 10.2 Å². The zero-order chi connectivity index (χ0) is 24.1. The summed E-state index contributed by atoms with van der Waals surface area (Å²) in [5.74, 6) is 0.0373. The summed E-state index contributed by atoms with van der Waals surface area (Å²) in [4.78, 5) is 25.5. The Morgan fingerprint density at radius 1 is 1.32 bits per heavy atom. The van der Waals surface area contributed by atoms with Gasteiger partial charge in [-0.2, -0.15) is 5.26 Å². The molecule has 1 aromatic carbocycles. The van der Waals surface area contributed by atoms with Crippen molar-refractivity contribution < 1.29 is 23.6 Å². The number of nitriles is 1. The number of carbonyl (C=O) groups is 1. The predicted molar refractivity (Wildman–Crippen MR) is 123 cm³/mol. The van der Waals surface area contributed by atoms with E-state index in [2.05, 4.69) is 15.5 Å². The van der Waals surface area contributed by atoms with E-state index in [0.29, 0.717) is 37.2 Å². The van der Waals surface area contributed by atoms with E-state index in [1.54, 1.807) is 6.07 Å². The number of anilines is 2. The van der Waals surface area contributed by atoms with Gasteiger partial charge in [-0.1, -0.05) is 11.3 Å². The molecule has 1 aliphatic heterocycles. The number of nitro groups is 1. The first kappa shape index (κ1) is 22.9. The molecule has 2 aromatic heterocycles. The molecule has 1 N–H and O–H groups in total. The van der Waals surface area contributed by atoms with Crippen LogP contribution in [0.5, 0.6) is 5.75 Å². The number of nitrogens with one attached hydrogen (secondary N) is 1. The fourth-order valence-electron chi connectivity index (χ4n) is 3.18. The SMILES string of the molecule is COc1ccc(-c2ccc(C=C(C#N)C(=O)Nc3nnc(N4CCOCC4)s3)o2)c([N+](=O)[O-])c1. The molecule has 0 spiro atoms. The molecule has 1 fully saturated rings. The second-order valence-electron chi connectivity index (χ2n) is 6.96. The molecule has 0 radical (unpaired) electrons. The molecule has 34 heavy (non-hydrogen) atoms. The second kappa shape index (κ2) is 10.1. The highest BCUT2D eigenvalue weighted by Crippen LogP contribution is 2.34. The maximum atomic E-state index is 12.6. The molecule has 0 saturated carbocycles. The molecule has 0 unspecified atom stereocenters. The van der Waals surface area contributed by atoms with Crippen LogP contribution in [0.1, 0.15) is 5.76 Å². The van der Waals surface area contributed by atoms with Gasteiger partial charge in [-0.25, -0.2) is 0 Å². The Morgan fingerprint density at radius 2 is 2.12 bits per heavy atom. The van der Waals surface area contributed by atoms with Crippen LogP contribution in [0.3, 0.4) is 0 Å². The monoisotopic (exact) mass is 482 g/mol. The van der Waals surface area contributed by atoms with Gasteiger partial charge in [-0.05, 0) is 24.3 Å². The largest absolute Gasteiger partial charge is 0.497 e. The molecule has 0 aliphatic carbocycles. The number of amides is 1. The lowest BCUT2D eigenvalue weighted by Crippen LogP contribution is -2.36. The summed E-state index contributed by atoms with van der Waals surface area (Å²) in [5.41, 5.74) is -0.194. The van der Waals surface area contributed by atoms with Crippen molar-refractivity contribution in [2.45, 2.75) is 0 Å². The lowest BCUT2D eigenvalue weighted by Gasteiger charge is -2.25. The molecule has 13 heteroatoms. The Hall–Kier alpha value is -4.28. The van der Waals surface area contributed by atoms with Gasteiger partial charge < -0.3 is 18.8 Å². The Bertz CT molecular complexity index is 1290. The average Bonchev–Trinajstić information content (AvgIpc) is 3.52. The van der Waals surface area contributed by atoms with E-state index in [-0.39, 0.29) is 33.5 Å². The van der Waals surface area contributed by atoms with E-state index < -0.39 is 10.8 Å². The van der Waals surface area contributed by atoms with Crippen molar-refractivity contribution in [1.82, 2.24) is 10.2 Å². The number of furan rings is 1. The first-order valence-electron chi connectivity index (χ1n) is 10.0. The van der Waals surface area contributed by atoms with Gasteiger partial charge in [0.15, 0.2) is 0 Å². The Balaban J connectivity index is 1.51. The molecule has 1 amide bonds. The van der Waals surface area contributed by atoms with Gasteiger partial charge in [0.25, 0.3) is 11.6 Å². The molecule has 3 aromatic rings. The number of rotatable bonds is 7. The molecule has 1 saturated heterocycles. The first-order chi connectivity index (χ1) is 16.5. The molecule has 0 bridgehead atoms. The highest BCUT2D eigenvalue weighted by atomic mass is 32.1. The van der Waals surface area contributed by atoms with Gasteiger partial charge in [0.2, 0.25) is 10.3 Å². The highest BCUT2D eigenvalue weighted by molar-refractivity contribution is 7.19. The Kier molecular flexibility index (Phi) is 6.81. The number of methoxy groups -OCH3 is 1. The number of hydrogen-bond donors (Lipinski definition) is 1. The van der Waals surface area contributed by atoms with E-state index in [1.165, 1.54) is 48.8 Å². The third kappa shape index (κ3) is 5.03. The number of carbonyl (C=O) groups excluding carboxylic acids is 1. The predicted octanol–water partition coefficient (Wildman–Crippen LogP) is 3.10.